The normalized spacial score (nSPS) is 16.2. The molecule has 56 heavy (non-hydrogen) atoms. The van der Waals surface area contributed by atoms with Gasteiger partial charge in [-0.2, -0.15) is 0 Å². The number of aryl methyl sites for hydroxylation is 3. The average molecular weight is 784 g/mol. The smallest absolute Gasteiger partial charge is 0.418 e. The van der Waals surface area contributed by atoms with Gasteiger partial charge >= 0.3 is 6.09 Å². The maximum atomic E-state index is 14.7. The molecule has 2 heterocycles. The highest BCUT2D eigenvalue weighted by molar-refractivity contribution is 6.34. The number of benzene rings is 3. The summed E-state index contributed by atoms with van der Waals surface area (Å²) in [6.45, 7) is 8.20. The van der Waals surface area contributed by atoms with Crippen LogP contribution in [-0.2, 0) is 31.9 Å². The molecule has 1 aliphatic heterocycles. The van der Waals surface area contributed by atoms with Crippen molar-refractivity contribution in [3.63, 3.8) is 0 Å². The van der Waals surface area contributed by atoms with Gasteiger partial charge in [-0.05, 0) is 101 Å². The van der Waals surface area contributed by atoms with E-state index in [9.17, 15) is 19.2 Å². The van der Waals surface area contributed by atoms with Crippen molar-refractivity contribution in [3.8, 4) is 11.4 Å². The van der Waals surface area contributed by atoms with E-state index in [0.717, 1.165) is 53.9 Å². The zero-order valence-corrected chi connectivity index (χ0v) is 33.2. The average Bonchev–Trinajstić information content (AvgIpc) is 3.47. The Kier molecular flexibility index (Phi) is 13.5. The van der Waals surface area contributed by atoms with Gasteiger partial charge in [-0.25, -0.2) is 14.7 Å². The van der Waals surface area contributed by atoms with Crippen molar-refractivity contribution < 1.29 is 28.6 Å². The largest absolute Gasteiger partial charge is 0.465 e. The van der Waals surface area contributed by atoms with Crippen LogP contribution in [0.25, 0.3) is 5.69 Å². The second-order valence-electron chi connectivity index (χ2n) is 14.3. The Bertz CT molecular complexity index is 2110. The first kappa shape index (κ1) is 40.5. The van der Waals surface area contributed by atoms with Gasteiger partial charge in [-0.15, -0.1) is 0 Å². The Morgan fingerprint density at radius 2 is 1.75 bits per heavy atom. The molecule has 3 unspecified atom stereocenters. The molecule has 0 saturated carbocycles. The fourth-order valence-electron chi connectivity index (χ4n) is 7.08. The van der Waals surface area contributed by atoms with E-state index in [1.54, 1.807) is 48.5 Å². The number of carbonyl (C=O) groups excluding carboxylic acids is 3. The van der Waals surface area contributed by atoms with Gasteiger partial charge in [0.15, 0.2) is 12.1 Å². The molecule has 13 heteroatoms. The number of hydrogen-bond acceptors (Lipinski definition) is 9. The van der Waals surface area contributed by atoms with Gasteiger partial charge in [0.05, 0.1) is 22.1 Å². The third-order valence-corrected chi connectivity index (χ3v) is 10.4. The van der Waals surface area contributed by atoms with Crippen molar-refractivity contribution in [3.05, 3.63) is 110 Å². The lowest BCUT2D eigenvalue weighted by molar-refractivity contribution is -0.135. The minimum Gasteiger partial charge on any atom is -0.465 e. The Labute approximate surface area is 332 Å². The second-order valence-corrected chi connectivity index (χ2v) is 14.7. The van der Waals surface area contributed by atoms with Gasteiger partial charge in [0, 0.05) is 17.7 Å². The van der Waals surface area contributed by atoms with Crippen molar-refractivity contribution in [2.24, 2.45) is 0 Å². The summed E-state index contributed by atoms with van der Waals surface area (Å²) in [5.41, 5.74) is 4.14. The van der Waals surface area contributed by atoms with E-state index in [4.69, 9.17) is 30.8 Å². The van der Waals surface area contributed by atoms with Crippen molar-refractivity contribution in [1.29, 1.82) is 0 Å². The van der Waals surface area contributed by atoms with Gasteiger partial charge < -0.3 is 24.8 Å². The molecule has 4 aromatic rings. The van der Waals surface area contributed by atoms with Crippen LogP contribution in [0.1, 0.15) is 99.5 Å². The van der Waals surface area contributed by atoms with Crippen molar-refractivity contribution in [1.82, 2.24) is 14.5 Å². The van der Waals surface area contributed by atoms with Crippen molar-refractivity contribution in [2.75, 3.05) is 17.4 Å². The molecular weight excluding hydrogens is 734 g/mol. The molecule has 0 spiro atoms. The topological polar surface area (TPSA) is 141 Å². The number of para-hydroxylation sites is 1. The number of hydrogen-bond donors (Lipinski definition) is 2. The molecule has 3 amide bonds. The van der Waals surface area contributed by atoms with Crippen molar-refractivity contribution >= 4 is 40.9 Å². The van der Waals surface area contributed by atoms with Crippen LogP contribution in [-0.4, -0.2) is 51.5 Å². The van der Waals surface area contributed by atoms with E-state index in [2.05, 4.69) is 23.6 Å². The molecule has 2 N–H and O–H groups in total. The Hall–Kier alpha value is -5.20. The lowest BCUT2D eigenvalue weighted by Crippen LogP contribution is -2.45. The summed E-state index contributed by atoms with van der Waals surface area (Å²) < 4.78 is 19.3. The van der Waals surface area contributed by atoms with Gasteiger partial charge in [0.25, 0.3) is 17.4 Å². The van der Waals surface area contributed by atoms with Gasteiger partial charge in [-0.3, -0.25) is 19.0 Å². The molecule has 1 aliphatic carbocycles. The summed E-state index contributed by atoms with van der Waals surface area (Å²) in [5, 5.41) is 6.27. The molecule has 1 saturated heterocycles. The van der Waals surface area contributed by atoms with E-state index in [1.165, 1.54) is 4.57 Å². The number of unbranched alkanes of at least 4 members (excludes halogenated alkanes) is 2. The summed E-state index contributed by atoms with van der Waals surface area (Å²) in [4.78, 5) is 62.2. The molecule has 1 aromatic heterocycles. The molecule has 12 nitrogen and oxygen atoms in total. The van der Waals surface area contributed by atoms with Gasteiger partial charge in [0.1, 0.15) is 18.3 Å². The minimum absolute atomic E-state index is 0.0680. The summed E-state index contributed by atoms with van der Waals surface area (Å²) in [6, 6.07) is 18.1. The SMILES string of the molecule is CCCCC(OCNc1ccc(Cl)c(NC(=O)C(c2nc3c(c(=O)n2-c2ccccc2)CCCC3)N2C(=O)OC(CCCC)C2=O)c1)Oc1ccc(C)cc1C. The third kappa shape index (κ3) is 9.25. The van der Waals surface area contributed by atoms with Crippen molar-refractivity contribution in [2.45, 2.75) is 110 Å². The number of ether oxygens (including phenoxy) is 3. The molecule has 0 bridgehead atoms. The number of carbonyl (C=O) groups is 3. The number of aromatic nitrogens is 2. The maximum Gasteiger partial charge on any atom is 0.418 e. The standard InChI is InChI=1S/C43H50ClN5O7/c1-5-7-18-36-42(52)49(43(53)56-36)38(39-46-33-17-13-12-16-31(33)41(51)48(39)30-14-10-9-11-15-30)40(50)47-34-25-29(21-22-32(34)44)45-26-54-37(19-8-6-2)55-35-23-20-27(3)24-28(35)4/h9-11,14-15,20-25,36-38,45H,5-8,12-13,16-19,26H2,1-4H3,(H,47,50). The van der Waals surface area contributed by atoms with Crippen LogP contribution in [0.4, 0.5) is 16.2 Å². The fraction of sp³-hybridized carbons (Fsp3) is 0.419. The Morgan fingerprint density at radius 3 is 2.50 bits per heavy atom. The minimum atomic E-state index is -1.67. The number of cyclic esters (lactones) is 1. The van der Waals surface area contributed by atoms with Crippen LogP contribution in [0.3, 0.4) is 0 Å². The Balaban J connectivity index is 1.30. The van der Waals surface area contributed by atoms with Crippen LogP contribution in [0.2, 0.25) is 5.02 Å². The van der Waals surface area contributed by atoms with Gasteiger partial charge in [-0.1, -0.05) is 74.2 Å². The maximum absolute atomic E-state index is 14.7. The zero-order chi connectivity index (χ0) is 39.8. The predicted octanol–water partition coefficient (Wildman–Crippen LogP) is 8.58. The highest BCUT2D eigenvalue weighted by Crippen LogP contribution is 2.33. The quantitative estimate of drug-likeness (QED) is 0.101. The molecule has 2 aliphatic rings. The van der Waals surface area contributed by atoms with E-state index in [-0.39, 0.29) is 28.8 Å². The summed E-state index contributed by atoms with van der Waals surface area (Å²) >= 11 is 6.66. The molecular formula is C43H50ClN5O7. The number of nitrogens with one attached hydrogen (secondary N) is 2. The highest BCUT2D eigenvalue weighted by Gasteiger charge is 2.49. The molecule has 3 aromatic carbocycles. The summed E-state index contributed by atoms with van der Waals surface area (Å²) in [7, 11) is 0. The molecule has 3 atom stereocenters. The second kappa shape index (κ2) is 18.6. The lowest BCUT2D eigenvalue weighted by Gasteiger charge is -2.28. The van der Waals surface area contributed by atoms with Crippen LogP contribution in [0.15, 0.2) is 71.5 Å². The first-order valence-electron chi connectivity index (χ1n) is 19.5. The van der Waals surface area contributed by atoms with Crippen LogP contribution >= 0.6 is 11.6 Å². The van der Waals surface area contributed by atoms with Crippen LogP contribution in [0, 0.1) is 13.8 Å². The highest BCUT2D eigenvalue weighted by atomic mass is 35.5. The number of amides is 3. The number of anilines is 2. The van der Waals surface area contributed by atoms with Gasteiger partial charge in [0.2, 0.25) is 6.29 Å². The predicted molar refractivity (Wildman–Crippen MR) is 215 cm³/mol. The number of rotatable bonds is 17. The van der Waals surface area contributed by atoms with E-state index in [0.29, 0.717) is 54.7 Å². The van der Waals surface area contributed by atoms with E-state index in [1.807, 2.05) is 32.9 Å². The molecule has 6 rings (SSSR count). The number of imide groups is 1. The lowest BCUT2D eigenvalue weighted by atomic mass is 9.96. The molecule has 296 valence electrons. The Morgan fingerprint density at radius 1 is 0.982 bits per heavy atom. The summed E-state index contributed by atoms with van der Waals surface area (Å²) in [6.07, 6.45) is 4.43. The summed E-state index contributed by atoms with van der Waals surface area (Å²) in [5.74, 6) is -0.780. The monoisotopic (exact) mass is 783 g/mol. The fourth-order valence-corrected chi connectivity index (χ4v) is 7.24. The number of nitrogens with zero attached hydrogens (tertiary/aromatic N) is 3. The number of halogens is 1. The first-order chi connectivity index (χ1) is 27.1. The van der Waals surface area contributed by atoms with E-state index >= 15 is 0 Å². The molecule has 0 radical (unpaired) electrons. The van der Waals surface area contributed by atoms with Crippen LogP contribution in [0.5, 0.6) is 5.75 Å². The van der Waals surface area contributed by atoms with Crippen LogP contribution < -0.4 is 20.9 Å². The third-order valence-electron chi connectivity index (χ3n) is 10.1. The first-order valence-corrected chi connectivity index (χ1v) is 19.9. The van der Waals surface area contributed by atoms with E-state index < -0.39 is 36.3 Å². The number of fused-ring (bicyclic) bond motifs is 1. The molecule has 1 fully saturated rings. The zero-order valence-electron chi connectivity index (χ0n) is 32.4.